The van der Waals surface area contributed by atoms with Crippen molar-refractivity contribution in [2.75, 3.05) is 59.7 Å². The molecule has 2 aliphatic rings. The molecule has 7 heteroatoms. The number of rotatable bonds is 8. The lowest BCUT2D eigenvalue weighted by Gasteiger charge is -2.41. The lowest BCUT2D eigenvalue weighted by atomic mass is 9.75. The molecule has 0 spiro atoms. The summed E-state index contributed by atoms with van der Waals surface area (Å²) < 4.78 is 16.2. The summed E-state index contributed by atoms with van der Waals surface area (Å²) in [5, 5.41) is 0. The average Bonchev–Trinajstić information content (AvgIpc) is 2.78. The van der Waals surface area contributed by atoms with Crippen molar-refractivity contribution in [3.63, 3.8) is 0 Å². The fourth-order valence-electron chi connectivity index (χ4n) is 4.42. The molecule has 1 atom stereocenters. The first kappa shape index (κ1) is 22.6. The maximum Gasteiger partial charge on any atom is 0.314 e. The highest BCUT2D eigenvalue weighted by Gasteiger charge is 2.44. The van der Waals surface area contributed by atoms with Crippen LogP contribution in [0.25, 0.3) is 0 Å². The number of carbonyl (C=O) groups excluding carboxylic acids is 2. The molecule has 7 nitrogen and oxygen atoms in total. The van der Waals surface area contributed by atoms with Crippen LogP contribution in [0.1, 0.15) is 31.7 Å². The van der Waals surface area contributed by atoms with Gasteiger partial charge in [0.2, 0.25) is 5.91 Å². The number of hydrogen-bond acceptors (Lipinski definition) is 6. The molecule has 0 radical (unpaired) electrons. The van der Waals surface area contributed by atoms with Crippen LogP contribution in [-0.4, -0.2) is 81.3 Å². The van der Waals surface area contributed by atoms with Gasteiger partial charge in [-0.2, -0.15) is 0 Å². The second-order valence-electron chi connectivity index (χ2n) is 8.15. The van der Waals surface area contributed by atoms with Crippen molar-refractivity contribution in [1.29, 1.82) is 0 Å². The third-order valence-corrected chi connectivity index (χ3v) is 6.06. The summed E-state index contributed by atoms with van der Waals surface area (Å²) in [5.41, 5.74) is 0.305. The highest BCUT2D eigenvalue weighted by molar-refractivity contribution is 5.81. The molecular formula is C23H34N2O5. The van der Waals surface area contributed by atoms with E-state index in [0.29, 0.717) is 32.5 Å². The zero-order valence-corrected chi connectivity index (χ0v) is 18.2. The normalized spacial score (nSPS) is 22.5. The number of amides is 1. The Hall–Kier alpha value is -2.12. The maximum atomic E-state index is 13.0. The first-order valence-electron chi connectivity index (χ1n) is 10.9. The highest BCUT2D eigenvalue weighted by atomic mass is 16.5. The number of ether oxygens (including phenoxy) is 3. The summed E-state index contributed by atoms with van der Waals surface area (Å²) in [4.78, 5) is 30.1. The van der Waals surface area contributed by atoms with Crippen LogP contribution in [0.4, 0.5) is 0 Å². The van der Waals surface area contributed by atoms with E-state index in [1.807, 2.05) is 36.1 Å². The van der Waals surface area contributed by atoms with Crippen molar-refractivity contribution in [3.8, 4) is 5.75 Å². The van der Waals surface area contributed by atoms with Gasteiger partial charge in [0.1, 0.15) is 5.75 Å². The molecule has 2 heterocycles. The number of carbonyl (C=O) groups is 2. The van der Waals surface area contributed by atoms with Crippen molar-refractivity contribution in [2.24, 2.45) is 5.41 Å². The van der Waals surface area contributed by atoms with Gasteiger partial charge in [0, 0.05) is 39.1 Å². The standard InChI is InChI=1S/C23H34N2O5/c1-3-30-22(27)23(17-19-6-4-7-20(16-19)28-2)9-5-10-25(18-23)21(26)8-11-24-12-14-29-15-13-24/h4,6-7,16H,3,5,8-15,17-18H2,1-2H3. The topological polar surface area (TPSA) is 68.3 Å². The Balaban J connectivity index is 1.70. The number of piperidine rings is 1. The number of nitrogens with zero attached hydrogens (tertiary/aromatic N) is 2. The maximum absolute atomic E-state index is 13.0. The largest absolute Gasteiger partial charge is 0.497 e. The van der Waals surface area contributed by atoms with E-state index < -0.39 is 5.41 Å². The predicted octanol–water partition coefficient (Wildman–Crippen LogP) is 2.13. The molecule has 2 fully saturated rings. The molecule has 0 aliphatic carbocycles. The Kier molecular flexibility index (Phi) is 8.10. The third-order valence-electron chi connectivity index (χ3n) is 6.06. The van der Waals surface area contributed by atoms with Gasteiger partial charge in [-0.25, -0.2) is 0 Å². The minimum atomic E-state index is -0.713. The Morgan fingerprint density at radius 3 is 2.73 bits per heavy atom. The van der Waals surface area contributed by atoms with Gasteiger partial charge in [-0.15, -0.1) is 0 Å². The smallest absolute Gasteiger partial charge is 0.314 e. The molecule has 0 aromatic heterocycles. The van der Waals surface area contributed by atoms with Crippen LogP contribution in [0.5, 0.6) is 5.75 Å². The zero-order chi connectivity index (χ0) is 21.4. The lowest BCUT2D eigenvalue weighted by Crippen LogP contribution is -2.52. The minimum absolute atomic E-state index is 0.112. The van der Waals surface area contributed by atoms with Crippen LogP contribution in [0.3, 0.4) is 0 Å². The molecule has 2 saturated heterocycles. The van der Waals surface area contributed by atoms with E-state index in [1.165, 1.54) is 0 Å². The number of likely N-dealkylation sites (tertiary alicyclic amines) is 1. The monoisotopic (exact) mass is 418 g/mol. The summed E-state index contributed by atoms with van der Waals surface area (Å²) in [7, 11) is 1.63. The molecule has 2 aliphatic heterocycles. The van der Waals surface area contributed by atoms with Gasteiger partial charge in [0.15, 0.2) is 0 Å². The van der Waals surface area contributed by atoms with Crippen LogP contribution in [0.15, 0.2) is 24.3 Å². The first-order valence-corrected chi connectivity index (χ1v) is 10.9. The summed E-state index contributed by atoms with van der Waals surface area (Å²) in [6.07, 6.45) is 2.52. The first-order chi connectivity index (χ1) is 14.6. The van der Waals surface area contributed by atoms with Crippen molar-refractivity contribution < 1.29 is 23.8 Å². The quantitative estimate of drug-likeness (QED) is 0.603. The highest BCUT2D eigenvalue weighted by Crippen LogP contribution is 2.36. The summed E-state index contributed by atoms with van der Waals surface area (Å²) >= 11 is 0. The van der Waals surface area contributed by atoms with Crippen molar-refractivity contribution in [1.82, 2.24) is 9.80 Å². The number of benzene rings is 1. The van der Waals surface area contributed by atoms with Crippen LogP contribution in [-0.2, 0) is 25.5 Å². The second kappa shape index (κ2) is 10.8. The molecule has 1 aromatic rings. The molecule has 0 bridgehead atoms. The van der Waals surface area contributed by atoms with E-state index >= 15 is 0 Å². The number of morpholine rings is 1. The Morgan fingerprint density at radius 2 is 2.00 bits per heavy atom. The van der Waals surface area contributed by atoms with Crippen LogP contribution >= 0.6 is 0 Å². The minimum Gasteiger partial charge on any atom is -0.497 e. The fourth-order valence-corrected chi connectivity index (χ4v) is 4.42. The molecule has 0 saturated carbocycles. The molecule has 0 N–H and O–H groups in total. The van der Waals surface area contributed by atoms with Gasteiger partial charge in [-0.05, 0) is 43.9 Å². The number of methoxy groups -OCH3 is 1. The summed E-state index contributed by atoms with van der Waals surface area (Å²) in [5.74, 6) is 0.666. The average molecular weight is 419 g/mol. The van der Waals surface area contributed by atoms with E-state index in [9.17, 15) is 9.59 Å². The molecule has 3 rings (SSSR count). The van der Waals surface area contributed by atoms with Gasteiger partial charge >= 0.3 is 5.97 Å². The van der Waals surface area contributed by atoms with Gasteiger partial charge in [0.05, 0.1) is 32.3 Å². The third kappa shape index (κ3) is 5.73. The van der Waals surface area contributed by atoms with Crippen molar-refractivity contribution in [2.45, 2.75) is 32.6 Å². The van der Waals surface area contributed by atoms with Crippen molar-refractivity contribution in [3.05, 3.63) is 29.8 Å². The fraction of sp³-hybridized carbons (Fsp3) is 0.652. The van der Waals surface area contributed by atoms with E-state index in [2.05, 4.69) is 4.90 Å². The Bertz CT molecular complexity index is 719. The van der Waals surface area contributed by atoms with Crippen molar-refractivity contribution >= 4 is 11.9 Å². The molecule has 166 valence electrons. The second-order valence-corrected chi connectivity index (χ2v) is 8.15. The van der Waals surface area contributed by atoms with Crippen LogP contribution in [0, 0.1) is 5.41 Å². The van der Waals surface area contributed by atoms with E-state index in [1.54, 1.807) is 7.11 Å². The van der Waals surface area contributed by atoms with Gasteiger partial charge in [0.25, 0.3) is 0 Å². The van der Waals surface area contributed by atoms with Gasteiger partial charge in [-0.1, -0.05) is 12.1 Å². The summed E-state index contributed by atoms with van der Waals surface area (Å²) in [6.45, 7) is 7.20. The lowest BCUT2D eigenvalue weighted by molar-refractivity contribution is -0.160. The molecule has 1 amide bonds. The Labute approximate surface area is 179 Å². The number of hydrogen-bond donors (Lipinski definition) is 0. The molecule has 1 aromatic carbocycles. The summed E-state index contributed by atoms with van der Waals surface area (Å²) in [6, 6.07) is 7.78. The molecule has 30 heavy (non-hydrogen) atoms. The molecule has 1 unspecified atom stereocenters. The number of esters is 1. The molecular weight excluding hydrogens is 384 g/mol. The van der Waals surface area contributed by atoms with Crippen LogP contribution in [0.2, 0.25) is 0 Å². The van der Waals surface area contributed by atoms with Gasteiger partial charge < -0.3 is 19.1 Å². The van der Waals surface area contributed by atoms with Crippen LogP contribution < -0.4 is 4.74 Å². The SMILES string of the molecule is CCOC(=O)C1(Cc2cccc(OC)c2)CCCN(C(=O)CCN2CCOCC2)C1. The van der Waals surface area contributed by atoms with Gasteiger partial charge in [-0.3, -0.25) is 14.5 Å². The Morgan fingerprint density at radius 1 is 1.20 bits per heavy atom. The van der Waals surface area contributed by atoms with E-state index in [4.69, 9.17) is 14.2 Å². The van der Waals surface area contributed by atoms with E-state index in [0.717, 1.165) is 57.0 Å². The predicted molar refractivity (Wildman–Crippen MR) is 113 cm³/mol. The zero-order valence-electron chi connectivity index (χ0n) is 18.2. The van der Waals surface area contributed by atoms with E-state index in [-0.39, 0.29) is 11.9 Å².